The van der Waals surface area contributed by atoms with Crippen LogP contribution in [-0.4, -0.2) is 56.5 Å². The van der Waals surface area contributed by atoms with E-state index in [-0.39, 0.29) is 30.0 Å². The fourth-order valence-electron chi connectivity index (χ4n) is 3.67. The Balaban J connectivity index is 1.60. The lowest BCUT2D eigenvalue weighted by Crippen LogP contribution is -2.41. The molecule has 2 heterocycles. The average Bonchev–Trinajstić information content (AvgIpc) is 2.82. The molecule has 0 radical (unpaired) electrons. The summed E-state index contributed by atoms with van der Waals surface area (Å²) in [7, 11) is -3.51. The highest BCUT2D eigenvalue weighted by atomic mass is 32.2. The third-order valence-corrected chi connectivity index (χ3v) is 6.69. The molecule has 1 saturated heterocycles. The van der Waals surface area contributed by atoms with Crippen molar-refractivity contribution in [1.29, 1.82) is 0 Å². The molecule has 1 aliphatic heterocycles. The molecule has 10 heteroatoms. The van der Waals surface area contributed by atoms with Gasteiger partial charge in [-0.2, -0.15) is 0 Å². The molecule has 1 aromatic carbocycles. The highest BCUT2D eigenvalue weighted by Gasteiger charge is 2.26. The molecule has 34 heavy (non-hydrogen) atoms. The van der Waals surface area contributed by atoms with Crippen molar-refractivity contribution < 1.29 is 34.2 Å². The Kier molecular flexibility index (Phi) is 7.22. The molecule has 0 saturated carbocycles. The number of carbonyl (C=O) groups excluding carboxylic acids is 1. The molecule has 7 nitrogen and oxygen atoms in total. The van der Waals surface area contributed by atoms with Gasteiger partial charge in [0.05, 0.1) is 6.61 Å². The molecule has 2 unspecified atom stereocenters. The lowest BCUT2D eigenvalue weighted by molar-refractivity contribution is 0.0537. The fraction of sp³-hybridized carbons (Fsp3) is 0.500. The molecule has 1 aromatic heterocycles. The molecule has 2 aromatic rings. The van der Waals surface area contributed by atoms with Crippen LogP contribution in [0.5, 0.6) is 5.75 Å². The number of benzene rings is 1. The van der Waals surface area contributed by atoms with Crippen molar-refractivity contribution >= 4 is 15.9 Å². The molecule has 1 aliphatic rings. The molecule has 0 spiro atoms. The quantitative estimate of drug-likeness (QED) is 0.547. The maximum atomic E-state index is 14.8. The van der Waals surface area contributed by atoms with Gasteiger partial charge < -0.3 is 14.4 Å². The van der Waals surface area contributed by atoms with Gasteiger partial charge in [-0.15, -0.1) is 0 Å². The summed E-state index contributed by atoms with van der Waals surface area (Å²) in [5, 5.41) is -0.119. The monoisotopic (exact) mass is 498 g/mol. The van der Waals surface area contributed by atoms with Crippen LogP contribution in [0.1, 0.15) is 41.5 Å². The summed E-state index contributed by atoms with van der Waals surface area (Å²) >= 11 is 0. The summed E-state index contributed by atoms with van der Waals surface area (Å²) in [6, 6.07) is 5.00. The van der Waals surface area contributed by atoms with E-state index >= 15 is 0 Å². The number of amides is 1. The van der Waals surface area contributed by atoms with Gasteiger partial charge in [-0.05, 0) is 68.8 Å². The molecule has 1 amide bonds. The molecule has 0 N–H and O–H groups in total. The highest BCUT2D eigenvalue weighted by Crippen LogP contribution is 2.31. The van der Waals surface area contributed by atoms with E-state index in [4.69, 9.17) is 12.2 Å². The number of ether oxygens (including phenoxy) is 2. The van der Waals surface area contributed by atoms with E-state index < -0.39 is 45.8 Å². The molecule has 3 rings (SSSR count). The number of nitrogens with zero attached hydrogens (tertiary/aromatic N) is 2. The van der Waals surface area contributed by atoms with Gasteiger partial charge >= 0.3 is 6.09 Å². The van der Waals surface area contributed by atoms with Crippen molar-refractivity contribution in [2.45, 2.75) is 51.1 Å². The van der Waals surface area contributed by atoms with Gasteiger partial charge in [-0.1, -0.05) is 6.90 Å². The summed E-state index contributed by atoms with van der Waals surface area (Å²) in [5.41, 5.74) is 0.937. The molecular formula is C24H30F2N2O5S. The SMILES string of the molecule is [2H]CC([2H])C(C)OC(=O)N1CCC(COc2c(F)cc(-c3ccc(S(C)(=O)=O)nc3C)cc2F)CC1. The first-order valence-electron chi connectivity index (χ1n) is 12.2. The summed E-state index contributed by atoms with van der Waals surface area (Å²) in [5.74, 6) is -2.28. The third kappa shape index (κ3) is 6.22. The Bertz CT molecular complexity index is 1180. The van der Waals surface area contributed by atoms with E-state index in [1.807, 2.05) is 0 Å². The normalized spacial score (nSPS) is 17.5. The molecule has 2 atom stereocenters. The Morgan fingerprint density at radius 3 is 2.50 bits per heavy atom. The Hall–Kier alpha value is -2.75. The second kappa shape index (κ2) is 10.7. The van der Waals surface area contributed by atoms with E-state index in [0.717, 1.165) is 18.4 Å². The van der Waals surface area contributed by atoms with Crippen molar-refractivity contribution in [3.63, 3.8) is 0 Å². The van der Waals surface area contributed by atoms with E-state index in [2.05, 4.69) is 4.98 Å². The van der Waals surface area contributed by atoms with Gasteiger partial charge in [0.25, 0.3) is 0 Å². The van der Waals surface area contributed by atoms with Crippen LogP contribution in [-0.2, 0) is 14.6 Å². The summed E-state index contributed by atoms with van der Waals surface area (Å²) in [6.07, 6.45) is 0.140. The van der Waals surface area contributed by atoms with Crippen LogP contribution in [0.25, 0.3) is 11.1 Å². The van der Waals surface area contributed by atoms with E-state index in [1.54, 1.807) is 13.8 Å². The number of hydrogen-bond acceptors (Lipinski definition) is 6. The van der Waals surface area contributed by atoms with Gasteiger partial charge in [0.1, 0.15) is 6.10 Å². The number of aromatic nitrogens is 1. The summed E-state index contributed by atoms with van der Waals surface area (Å²) < 4.78 is 78.4. The largest absolute Gasteiger partial charge is 0.487 e. The number of rotatable bonds is 7. The number of carbonyl (C=O) groups is 1. The first-order chi connectivity index (χ1) is 16.9. The molecular weight excluding hydrogens is 466 g/mol. The maximum absolute atomic E-state index is 14.8. The van der Waals surface area contributed by atoms with Crippen LogP contribution in [0.3, 0.4) is 0 Å². The fourth-order valence-corrected chi connectivity index (χ4v) is 4.29. The van der Waals surface area contributed by atoms with E-state index in [1.165, 1.54) is 17.0 Å². The average molecular weight is 499 g/mol. The minimum atomic E-state index is -3.51. The predicted octanol–water partition coefficient (Wildman–Crippen LogP) is 4.76. The number of likely N-dealkylation sites (tertiary alicyclic amines) is 1. The standard InChI is InChI=1S/C24H30F2N2O5S/c1-5-15(2)33-24(29)28-10-8-17(9-11-28)14-32-23-20(25)12-18(13-21(23)26)19-6-7-22(27-16(19)3)34(4,30)31/h6-7,12-13,15,17H,5,8-11,14H2,1-4H3/i1D,5D. The summed E-state index contributed by atoms with van der Waals surface area (Å²) in [4.78, 5) is 17.8. The first-order valence-corrected chi connectivity index (χ1v) is 12.8. The number of sulfone groups is 1. The van der Waals surface area contributed by atoms with Gasteiger partial charge in [-0.3, -0.25) is 0 Å². The second-order valence-electron chi connectivity index (χ2n) is 8.39. The van der Waals surface area contributed by atoms with Crippen LogP contribution in [0.4, 0.5) is 13.6 Å². The Morgan fingerprint density at radius 2 is 1.94 bits per heavy atom. The molecule has 0 aliphatic carbocycles. The smallest absolute Gasteiger partial charge is 0.410 e. The number of halogens is 2. The maximum Gasteiger partial charge on any atom is 0.410 e. The minimum absolute atomic E-state index is 0.0166. The second-order valence-corrected chi connectivity index (χ2v) is 10.4. The minimum Gasteiger partial charge on any atom is -0.487 e. The topological polar surface area (TPSA) is 85.8 Å². The van der Waals surface area contributed by atoms with Gasteiger partial charge in [0, 0.05) is 33.3 Å². The highest BCUT2D eigenvalue weighted by molar-refractivity contribution is 7.90. The number of hydrogen-bond donors (Lipinski definition) is 0. The number of pyridine rings is 1. The zero-order valence-corrected chi connectivity index (χ0v) is 20.2. The molecule has 186 valence electrons. The van der Waals surface area contributed by atoms with Crippen molar-refractivity contribution in [3.05, 3.63) is 41.6 Å². The molecule has 1 fully saturated rings. The zero-order chi connectivity index (χ0) is 26.6. The predicted molar refractivity (Wildman–Crippen MR) is 123 cm³/mol. The van der Waals surface area contributed by atoms with Gasteiger partial charge in [-0.25, -0.2) is 27.0 Å². The van der Waals surface area contributed by atoms with Gasteiger partial charge in [0.15, 0.2) is 32.2 Å². The van der Waals surface area contributed by atoms with Crippen molar-refractivity contribution in [3.8, 4) is 16.9 Å². The Morgan fingerprint density at radius 1 is 1.29 bits per heavy atom. The third-order valence-electron chi connectivity index (χ3n) is 5.70. The number of aryl methyl sites for hydroxylation is 1. The molecule has 0 bridgehead atoms. The number of piperidine rings is 1. The van der Waals surface area contributed by atoms with Crippen molar-refractivity contribution in [2.24, 2.45) is 5.92 Å². The first kappa shape index (κ1) is 23.0. The Labute approximate surface area is 201 Å². The van der Waals surface area contributed by atoms with Crippen LogP contribution in [0, 0.1) is 24.5 Å². The van der Waals surface area contributed by atoms with E-state index in [9.17, 15) is 22.0 Å². The zero-order valence-electron chi connectivity index (χ0n) is 21.4. The summed E-state index contributed by atoms with van der Waals surface area (Å²) in [6.45, 7) is 3.85. The van der Waals surface area contributed by atoms with Crippen LogP contribution in [0.15, 0.2) is 29.3 Å². The van der Waals surface area contributed by atoms with Crippen LogP contribution in [0.2, 0.25) is 0 Å². The van der Waals surface area contributed by atoms with Crippen molar-refractivity contribution in [1.82, 2.24) is 9.88 Å². The van der Waals surface area contributed by atoms with E-state index in [0.29, 0.717) is 37.2 Å². The van der Waals surface area contributed by atoms with Crippen molar-refractivity contribution in [2.75, 3.05) is 26.0 Å². The van der Waals surface area contributed by atoms with Crippen LogP contribution < -0.4 is 4.74 Å². The lowest BCUT2D eigenvalue weighted by Gasteiger charge is -2.32. The van der Waals surface area contributed by atoms with Gasteiger partial charge in [0.2, 0.25) is 0 Å². The van der Waals surface area contributed by atoms with Crippen LogP contribution >= 0.6 is 0 Å². The lowest BCUT2D eigenvalue weighted by atomic mass is 9.98.